The fourth-order valence-electron chi connectivity index (χ4n) is 3.37. The fourth-order valence-corrected chi connectivity index (χ4v) is 6.12. The number of nitrogens with zero attached hydrogens (tertiary/aromatic N) is 2. The van der Waals surface area contributed by atoms with Crippen LogP contribution < -0.4 is 15.4 Å². The highest BCUT2D eigenvalue weighted by Gasteiger charge is 2.35. The van der Waals surface area contributed by atoms with Crippen LogP contribution in [0.3, 0.4) is 0 Å². The number of amides is 2. The topological polar surface area (TPSA) is 114 Å². The van der Waals surface area contributed by atoms with Crippen molar-refractivity contribution in [3.63, 3.8) is 0 Å². The number of nitriles is 1. The van der Waals surface area contributed by atoms with Gasteiger partial charge in [0.25, 0.3) is 0 Å². The molecule has 1 heterocycles. The molecule has 0 bridgehead atoms. The molecule has 2 amide bonds. The van der Waals surface area contributed by atoms with Crippen LogP contribution in [0.4, 0.5) is 10.5 Å². The maximum atomic E-state index is 12.8. The molecule has 1 fully saturated rings. The van der Waals surface area contributed by atoms with E-state index in [1.165, 1.54) is 11.0 Å². The van der Waals surface area contributed by atoms with Crippen LogP contribution in [0.15, 0.2) is 56.3 Å². The molecule has 11 heteroatoms. The number of benzene rings is 2. The fraction of sp³-hybridized carbons (Fsp3) is 0.300. The van der Waals surface area contributed by atoms with E-state index in [4.69, 9.17) is 0 Å². The molecule has 0 unspecified atom stereocenters. The summed E-state index contributed by atoms with van der Waals surface area (Å²) in [5.41, 5.74) is 1.64. The van der Waals surface area contributed by atoms with E-state index < -0.39 is 16.1 Å². The average Bonchev–Trinajstić information content (AvgIpc) is 3.11. The van der Waals surface area contributed by atoms with Crippen LogP contribution in [0.5, 0.6) is 0 Å². The Hall–Kier alpha value is -2.13. The monoisotopic (exact) mass is 569 g/mol. The van der Waals surface area contributed by atoms with E-state index in [2.05, 4.69) is 53.4 Å². The summed E-state index contributed by atoms with van der Waals surface area (Å²) in [4.78, 5) is 13.8. The van der Waals surface area contributed by atoms with Crippen molar-refractivity contribution in [1.29, 1.82) is 5.26 Å². The number of carbonyl (C=O) groups excluding carboxylic acids is 1. The highest BCUT2D eigenvalue weighted by Crippen LogP contribution is 2.27. The zero-order valence-corrected chi connectivity index (χ0v) is 20.6. The van der Waals surface area contributed by atoms with E-state index in [1.807, 2.05) is 25.1 Å². The number of halogens is 2. The molecule has 1 aliphatic rings. The average molecular weight is 571 g/mol. The first-order valence-electron chi connectivity index (χ1n) is 9.44. The Morgan fingerprint density at radius 2 is 2.00 bits per heavy atom. The minimum absolute atomic E-state index is 0.115. The molecule has 3 rings (SSSR count). The zero-order valence-electron chi connectivity index (χ0n) is 16.6. The Bertz CT molecular complexity index is 1120. The number of rotatable bonds is 6. The van der Waals surface area contributed by atoms with E-state index in [9.17, 15) is 18.5 Å². The predicted molar refractivity (Wildman–Crippen MR) is 125 cm³/mol. The standard InChI is InChI=1S/C20H21Br2N5O3S/c1-13-4-2-3-5-18(13)25-20(28)24-10-16-9-15(11-27(16)12-23)26-31(29,30)19-8-14(21)6-7-17(19)22/h2-8,15-16,26H,9-11H2,1H3,(H2,24,25,28)/t15-,16-/m1/s1. The second kappa shape index (κ2) is 9.99. The van der Waals surface area contributed by atoms with E-state index >= 15 is 0 Å². The van der Waals surface area contributed by atoms with Crippen molar-refractivity contribution in [2.75, 3.05) is 18.4 Å². The first kappa shape index (κ1) is 23.5. The molecule has 2 aromatic rings. The number of hydrogen-bond acceptors (Lipinski definition) is 5. The highest BCUT2D eigenvalue weighted by molar-refractivity contribution is 9.11. The van der Waals surface area contributed by atoms with E-state index in [0.717, 1.165) is 5.56 Å². The highest BCUT2D eigenvalue weighted by atomic mass is 79.9. The Kier molecular flexibility index (Phi) is 7.59. The van der Waals surface area contributed by atoms with E-state index in [1.54, 1.807) is 18.2 Å². The van der Waals surface area contributed by atoms with Gasteiger partial charge in [-0.2, -0.15) is 5.26 Å². The van der Waals surface area contributed by atoms with Gasteiger partial charge >= 0.3 is 6.03 Å². The summed E-state index contributed by atoms with van der Waals surface area (Å²) in [6, 6.07) is 11.2. The molecular weight excluding hydrogens is 550 g/mol. The summed E-state index contributed by atoms with van der Waals surface area (Å²) >= 11 is 6.55. The van der Waals surface area contributed by atoms with Gasteiger partial charge < -0.3 is 15.5 Å². The van der Waals surface area contributed by atoms with Gasteiger partial charge in [0, 0.05) is 33.8 Å². The lowest BCUT2D eigenvalue weighted by molar-refractivity contribution is 0.248. The SMILES string of the molecule is Cc1ccccc1NC(=O)NC[C@H]1C[C@@H](NS(=O)(=O)c2cc(Br)ccc2Br)CN1C#N. The largest absolute Gasteiger partial charge is 0.336 e. The van der Waals surface area contributed by atoms with Crippen molar-refractivity contribution in [3.8, 4) is 6.19 Å². The predicted octanol–water partition coefficient (Wildman–Crippen LogP) is 3.54. The molecule has 31 heavy (non-hydrogen) atoms. The second-order valence-electron chi connectivity index (χ2n) is 7.18. The van der Waals surface area contributed by atoms with Crippen LogP contribution in [-0.2, 0) is 10.0 Å². The molecule has 2 atom stereocenters. The summed E-state index contributed by atoms with van der Waals surface area (Å²) in [5, 5.41) is 15.0. The smallest absolute Gasteiger partial charge is 0.319 e. The summed E-state index contributed by atoms with van der Waals surface area (Å²) in [6.45, 7) is 2.33. The number of para-hydroxylation sites is 1. The summed E-state index contributed by atoms with van der Waals surface area (Å²) in [7, 11) is -3.79. The van der Waals surface area contributed by atoms with E-state index in [0.29, 0.717) is 21.1 Å². The maximum Gasteiger partial charge on any atom is 0.319 e. The lowest BCUT2D eigenvalue weighted by Crippen LogP contribution is -2.39. The second-order valence-corrected chi connectivity index (χ2v) is 10.6. The molecule has 0 saturated carbocycles. The zero-order chi connectivity index (χ0) is 22.6. The third-order valence-electron chi connectivity index (χ3n) is 4.94. The number of anilines is 1. The Labute approximate surface area is 198 Å². The van der Waals surface area contributed by atoms with Crippen molar-refractivity contribution >= 4 is 53.6 Å². The van der Waals surface area contributed by atoms with Crippen molar-refractivity contribution in [2.24, 2.45) is 0 Å². The molecule has 0 spiro atoms. The number of carbonyl (C=O) groups is 1. The number of likely N-dealkylation sites (tertiary alicyclic amines) is 1. The minimum atomic E-state index is -3.79. The molecule has 0 radical (unpaired) electrons. The third-order valence-corrected chi connectivity index (χ3v) is 7.95. The van der Waals surface area contributed by atoms with Crippen LogP contribution in [0, 0.1) is 18.4 Å². The molecule has 8 nitrogen and oxygen atoms in total. The van der Waals surface area contributed by atoms with Crippen LogP contribution in [0.2, 0.25) is 0 Å². The molecule has 0 aromatic heterocycles. The van der Waals surface area contributed by atoms with Crippen molar-refractivity contribution in [1.82, 2.24) is 14.9 Å². The molecule has 3 N–H and O–H groups in total. The molecule has 2 aromatic carbocycles. The van der Waals surface area contributed by atoms with E-state index in [-0.39, 0.29) is 30.1 Å². The summed E-state index contributed by atoms with van der Waals surface area (Å²) in [5.74, 6) is 0. The molecule has 0 aliphatic carbocycles. The van der Waals surface area contributed by atoms with Gasteiger partial charge in [0.05, 0.1) is 10.9 Å². The minimum Gasteiger partial charge on any atom is -0.336 e. The molecule has 164 valence electrons. The van der Waals surface area contributed by atoms with Crippen LogP contribution in [0.25, 0.3) is 0 Å². The Morgan fingerprint density at radius 3 is 2.71 bits per heavy atom. The Balaban J connectivity index is 1.60. The third kappa shape index (κ3) is 5.98. The van der Waals surface area contributed by atoms with Crippen molar-refractivity contribution < 1.29 is 13.2 Å². The normalized spacial score (nSPS) is 18.5. The number of nitrogens with one attached hydrogen (secondary N) is 3. The lowest BCUT2D eigenvalue weighted by Gasteiger charge is -2.18. The molecule has 1 saturated heterocycles. The van der Waals surface area contributed by atoms with Gasteiger partial charge in [-0.25, -0.2) is 17.9 Å². The maximum absolute atomic E-state index is 12.8. The van der Waals surface area contributed by atoms with Crippen LogP contribution in [0.1, 0.15) is 12.0 Å². The van der Waals surface area contributed by atoms with Gasteiger partial charge in [0.1, 0.15) is 0 Å². The van der Waals surface area contributed by atoms with Gasteiger partial charge in [0.15, 0.2) is 6.19 Å². The quantitative estimate of drug-likeness (QED) is 0.460. The van der Waals surface area contributed by atoms with Crippen LogP contribution >= 0.6 is 31.9 Å². The summed E-state index contributed by atoms with van der Waals surface area (Å²) < 4.78 is 29.4. The van der Waals surface area contributed by atoms with Crippen molar-refractivity contribution in [3.05, 3.63) is 57.0 Å². The summed E-state index contributed by atoms with van der Waals surface area (Å²) in [6.07, 6.45) is 2.47. The van der Waals surface area contributed by atoms with Gasteiger partial charge in [0.2, 0.25) is 10.0 Å². The Morgan fingerprint density at radius 1 is 1.26 bits per heavy atom. The van der Waals surface area contributed by atoms with Gasteiger partial charge in [-0.05, 0) is 59.1 Å². The van der Waals surface area contributed by atoms with Crippen molar-refractivity contribution in [2.45, 2.75) is 30.3 Å². The number of sulfonamides is 1. The number of aryl methyl sites for hydroxylation is 1. The lowest BCUT2D eigenvalue weighted by atomic mass is 10.2. The van der Waals surface area contributed by atoms with Gasteiger partial charge in [-0.15, -0.1) is 0 Å². The number of urea groups is 1. The van der Waals surface area contributed by atoms with Crippen LogP contribution in [-0.4, -0.2) is 44.5 Å². The van der Waals surface area contributed by atoms with Gasteiger partial charge in [-0.3, -0.25) is 0 Å². The first-order valence-corrected chi connectivity index (χ1v) is 12.5. The first-order chi connectivity index (χ1) is 14.7. The molecular formula is C20H21Br2N5O3S. The van der Waals surface area contributed by atoms with Gasteiger partial charge in [-0.1, -0.05) is 34.1 Å². The molecule has 1 aliphatic heterocycles. The number of hydrogen-bond donors (Lipinski definition) is 3.